The fourth-order valence-corrected chi connectivity index (χ4v) is 2.77. The minimum absolute atomic E-state index is 0.0834. The SMILES string of the molecule is CSc1ccc(CN2CCC(C(N)=O)CC2)cc1.O=C(O)C(=O)O. The van der Waals surface area contributed by atoms with Crippen molar-refractivity contribution in [2.24, 2.45) is 11.7 Å². The Morgan fingerprint density at radius 3 is 2.00 bits per heavy atom. The number of piperidine rings is 1. The fourth-order valence-electron chi connectivity index (χ4n) is 2.36. The molecule has 1 aromatic rings. The van der Waals surface area contributed by atoms with Crippen LogP contribution in [0.1, 0.15) is 18.4 Å². The first-order chi connectivity index (χ1) is 11.3. The van der Waals surface area contributed by atoms with Crippen LogP contribution in [0.3, 0.4) is 0 Å². The van der Waals surface area contributed by atoms with Gasteiger partial charge in [0, 0.05) is 17.4 Å². The maximum Gasteiger partial charge on any atom is 0.414 e. The van der Waals surface area contributed by atoms with E-state index in [1.54, 1.807) is 11.8 Å². The highest BCUT2D eigenvalue weighted by molar-refractivity contribution is 7.98. The smallest absolute Gasteiger partial charge is 0.414 e. The molecule has 0 saturated carbocycles. The summed E-state index contributed by atoms with van der Waals surface area (Å²) >= 11 is 1.76. The summed E-state index contributed by atoms with van der Waals surface area (Å²) in [6, 6.07) is 8.70. The van der Waals surface area contributed by atoms with Crippen LogP contribution in [0.2, 0.25) is 0 Å². The van der Waals surface area contributed by atoms with Crippen LogP contribution in [0, 0.1) is 5.92 Å². The van der Waals surface area contributed by atoms with E-state index in [1.807, 2.05) is 0 Å². The van der Waals surface area contributed by atoms with Crippen molar-refractivity contribution >= 4 is 29.6 Å². The topological polar surface area (TPSA) is 121 Å². The van der Waals surface area contributed by atoms with E-state index in [-0.39, 0.29) is 11.8 Å². The monoisotopic (exact) mass is 354 g/mol. The molecule has 0 atom stereocenters. The molecule has 0 bridgehead atoms. The van der Waals surface area contributed by atoms with Gasteiger partial charge in [0.05, 0.1) is 0 Å². The van der Waals surface area contributed by atoms with E-state index in [2.05, 4.69) is 35.4 Å². The summed E-state index contributed by atoms with van der Waals surface area (Å²) in [5.41, 5.74) is 6.68. The number of rotatable bonds is 4. The number of amides is 1. The average Bonchev–Trinajstić information content (AvgIpc) is 2.56. The number of primary amides is 1. The zero-order chi connectivity index (χ0) is 18.1. The minimum atomic E-state index is -1.82. The number of hydrogen-bond donors (Lipinski definition) is 3. The Morgan fingerprint density at radius 2 is 1.62 bits per heavy atom. The molecule has 1 saturated heterocycles. The molecule has 0 spiro atoms. The lowest BCUT2D eigenvalue weighted by molar-refractivity contribution is -0.159. The number of nitrogens with two attached hydrogens (primary N) is 1. The highest BCUT2D eigenvalue weighted by Crippen LogP contribution is 2.20. The first kappa shape index (κ1) is 20.0. The van der Waals surface area contributed by atoms with E-state index >= 15 is 0 Å². The second kappa shape index (κ2) is 9.94. The van der Waals surface area contributed by atoms with Crippen LogP contribution in [-0.2, 0) is 20.9 Å². The molecule has 2 rings (SSSR count). The van der Waals surface area contributed by atoms with Crippen LogP contribution in [-0.4, -0.2) is 52.3 Å². The molecule has 1 aromatic carbocycles. The molecule has 132 valence electrons. The molecule has 1 amide bonds. The molecule has 0 unspecified atom stereocenters. The molecule has 0 radical (unpaired) electrons. The molecule has 24 heavy (non-hydrogen) atoms. The largest absolute Gasteiger partial charge is 0.473 e. The number of likely N-dealkylation sites (tertiary alicyclic amines) is 1. The summed E-state index contributed by atoms with van der Waals surface area (Å²) in [7, 11) is 0. The number of carboxylic acids is 2. The normalized spacial score (nSPS) is 15.2. The van der Waals surface area contributed by atoms with Gasteiger partial charge < -0.3 is 15.9 Å². The third-order valence-electron chi connectivity index (χ3n) is 3.74. The molecule has 4 N–H and O–H groups in total. The molecule has 8 heteroatoms. The zero-order valence-corrected chi connectivity index (χ0v) is 14.3. The fraction of sp³-hybridized carbons (Fsp3) is 0.438. The Hall–Kier alpha value is -2.06. The highest BCUT2D eigenvalue weighted by Gasteiger charge is 2.22. The lowest BCUT2D eigenvalue weighted by Crippen LogP contribution is -2.38. The van der Waals surface area contributed by atoms with E-state index in [9.17, 15) is 4.79 Å². The molecule has 0 aromatic heterocycles. The number of nitrogens with zero attached hydrogens (tertiary/aromatic N) is 1. The number of carbonyl (C=O) groups is 3. The summed E-state index contributed by atoms with van der Waals surface area (Å²) in [5.74, 6) is -3.70. The summed E-state index contributed by atoms with van der Waals surface area (Å²) in [5, 5.41) is 14.8. The van der Waals surface area contributed by atoms with Gasteiger partial charge in [-0.1, -0.05) is 12.1 Å². The van der Waals surface area contributed by atoms with Gasteiger partial charge in [-0.3, -0.25) is 9.69 Å². The molecular formula is C16H22N2O5S. The van der Waals surface area contributed by atoms with Crippen molar-refractivity contribution in [1.29, 1.82) is 0 Å². The Kier molecular flexibility index (Phi) is 8.28. The van der Waals surface area contributed by atoms with E-state index in [1.165, 1.54) is 10.5 Å². The number of thioether (sulfide) groups is 1. The van der Waals surface area contributed by atoms with Crippen LogP contribution >= 0.6 is 11.8 Å². The van der Waals surface area contributed by atoms with Gasteiger partial charge in [-0.05, 0) is 49.9 Å². The second-order valence-corrected chi connectivity index (χ2v) is 6.29. The van der Waals surface area contributed by atoms with Crippen LogP contribution < -0.4 is 5.73 Å². The quantitative estimate of drug-likeness (QED) is 0.550. The van der Waals surface area contributed by atoms with E-state index in [4.69, 9.17) is 25.5 Å². The third kappa shape index (κ3) is 7.01. The second-order valence-electron chi connectivity index (χ2n) is 5.41. The molecule has 1 aliphatic rings. The van der Waals surface area contributed by atoms with Crippen molar-refractivity contribution in [2.75, 3.05) is 19.3 Å². The van der Waals surface area contributed by atoms with Crippen LogP contribution in [0.15, 0.2) is 29.2 Å². The van der Waals surface area contributed by atoms with E-state index < -0.39 is 11.9 Å². The first-order valence-electron chi connectivity index (χ1n) is 7.44. The van der Waals surface area contributed by atoms with Gasteiger partial charge in [0.1, 0.15) is 0 Å². The number of aliphatic carboxylic acids is 2. The Balaban J connectivity index is 0.000000413. The van der Waals surface area contributed by atoms with Gasteiger partial charge in [0.15, 0.2) is 0 Å². The molecule has 0 aliphatic carbocycles. The van der Waals surface area contributed by atoms with Crippen LogP contribution in [0.25, 0.3) is 0 Å². The van der Waals surface area contributed by atoms with Crippen LogP contribution in [0.4, 0.5) is 0 Å². The van der Waals surface area contributed by atoms with Gasteiger partial charge in [0.2, 0.25) is 5.91 Å². The highest BCUT2D eigenvalue weighted by atomic mass is 32.2. The van der Waals surface area contributed by atoms with Crippen molar-refractivity contribution in [3.8, 4) is 0 Å². The van der Waals surface area contributed by atoms with Crippen molar-refractivity contribution in [1.82, 2.24) is 4.90 Å². The lowest BCUT2D eigenvalue weighted by Gasteiger charge is -2.30. The average molecular weight is 354 g/mol. The van der Waals surface area contributed by atoms with Crippen molar-refractivity contribution in [2.45, 2.75) is 24.3 Å². The number of carboxylic acid groups (broad SMARTS) is 2. The van der Waals surface area contributed by atoms with Crippen molar-refractivity contribution < 1.29 is 24.6 Å². The minimum Gasteiger partial charge on any atom is -0.473 e. The Bertz CT molecular complexity index is 556. The van der Waals surface area contributed by atoms with Crippen LogP contribution in [0.5, 0.6) is 0 Å². The standard InChI is InChI=1S/C14H20N2OS.C2H2O4/c1-18-13-4-2-11(3-5-13)10-16-8-6-12(7-9-16)14(15)17;3-1(4)2(5)6/h2-5,12H,6-10H2,1H3,(H2,15,17);(H,3,4)(H,5,6). The maximum absolute atomic E-state index is 11.1. The molecule has 7 nitrogen and oxygen atoms in total. The van der Waals surface area contributed by atoms with Crippen molar-refractivity contribution in [3.63, 3.8) is 0 Å². The van der Waals surface area contributed by atoms with Gasteiger partial charge in [0.25, 0.3) is 0 Å². The predicted molar refractivity (Wildman–Crippen MR) is 90.7 cm³/mol. The molecule has 1 heterocycles. The lowest BCUT2D eigenvalue weighted by atomic mass is 9.96. The van der Waals surface area contributed by atoms with Gasteiger partial charge in [-0.2, -0.15) is 0 Å². The Morgan fingerprint density at radius 1 is 1.12 bits per heavy atom. The third-order valence-corrected chi connectivity index (χ3v) is 4.48. The molecule has 1 aliphatic heterocycles. The number of benzene rings is 1. The summed E-state index contributed by atoms with van der Waals surface area (Å²) in [4.78, 5) is 33.0. The van der Waals surface area contributed by atoms with Gasteiger partial charge in [-0.15, -0.1) is 11.8 Å². The van der Waals surface area contributed by atoms with Gasteiger partial charge >= 0.3 is 11.9 Å². The zero-order valence-electron chi connectivity index (χ0n) is 13.5. The molecule has 1 fully saturated rings. The molecular weight excluding hydrogens is 332 g/mol. The first-order valence-corrected chi connectivity index (χ1v) is 8.66. The number of carbonyl (C=O) groups excluding carboxylic acids is 1. The summed E-state index contributed by atoms with van der Waals surface area (Å²) in [6.07, 6.45) is 3.89. The maximum atomic E-state index is 11.1. The van der Waals surface area contributed by atoms with Crippen molar-refractivity contribution in [3.05, 3.63) is 29.8 Å². The van der Waals surface area contributed by atoms with E-state index in [0.717, 1.165) is 32.5 Å². The Labute approximate surface area is 144 Å². The van der Waals surface area contributed by atoms with Gasteiger partial charge in [-0.25, -0.2) is 9.59 Å². The van der Waals surface area contributed by atoms with E-state index in [0.29, 0.717) is 0 Å². The summed E-state index contributed by atoms with van der Waals surface area (Å²) in [6.45, 7) is 2.91. The summed E-state index contributed by atoms with van der Waals surface area (Å²) < 4.78 is 0. The predicted octanol–water partition coefficient (Wildman–Crippen LogP) is 1.26. The number of hydrogen-bond acceptors (Lipinski definition) is 5.